The number of hydrogen-bond acceptors (Lipinski definition) is 1. The van der Waals surface area contributed by atoms with Gasteiger partial charge in [-0.1, -0.05) is 39.2 Å². The van der Waals surface area contributed by atoms with Crippen LogP contribution in [0.3, 0.4) is 0 Å². The summed E-state index contributed by atoms with van der Waals surface area (Å²) in [5.41, 5.74) is 0. The molecule has 1 atom stereocenters. The second kappa shape index (κ2) is 10.8. The number of hydrogen-bond donors (Lipinski definition) is 1. The van der Waals surface area contributed by atoms with Crippen molar-refractivity contribution in [2.45, 2.75) is 64.8 Å². The molecule has 0 spiro atoms. The van der Waals surface area contributed by atoms with Crippen LogP contribution in [0, 0.1) is 0 Å². The lowest BCUT2D eigenvalue weighted by Crippen LogP contribution is -2.28. The molecule has 0 aliphatic heterocycles. The molecule has 1 N–H and O–H groups in total. The maximum Gasteiger partial charge on any atom is 0.00670 e. The summed E-state index contributed by atoms with van der Waals surface area (Å²) in [6.45, 7) is 9.32. The molecule has 0 aliphatic carbocycles. The molecule has 1 nitrogen and oxygen atoms in total. The van der Waals surface area contributed by atoms with E-state index in [1.54, 1.807) is 0 Å². The van der Waals surface area contributed by atoms with E-state index in [1.165, 1.54) is 38.5 Å². The molecule has 0 saturated carbocycles. The van der Waals surface area contributed by atoms with Crippen molar-refractivity contribution in [3.05, 3.63) is 12.7 Å². The van der Waals surface area contributed by atoms with Crippen molar-refractivity contribution in [1.29, 1.82) is 0 Å². The minimum atomic E-state index is 0.742. The van der Waals surface area contributed by atoms with E-state index in [1.807, 2.05) is 6.08 Å². The maximum atomic E-state index is 3.76. The van der Waals surface area contributed by atoms with Crippen molar-refractivity contribution >= 4 is 0 Å². The highest BCUT2D eigenvalue weighted by Gasteiger charge is 2.05. The van der Waals surface area contributed by atoms with Crippen molar-refractivity contribution < 1.29 is 0 Å². The van der Waals surface area contributed by atoms with Gasteiger partial charge in [0.15, 0.2) is 0 Å². The van der Waals surface area contributed by atoms with Gasteiger partial charge < -0.3 is 5.32 Å². The Labute approximate surface area is 90.0 Å². The van der Waals surface area contributed by atoms with Crippen LogP contribution in [0.5, 0.6) is 0 Å². The summed E-state index contributed by atoms with van der Waals surface area (Å²) in [6, 6.07) is 0.742. The Hall–Kier alpha value is -0.300. The molecule has 0 amide bonds. The van der Waals surface area contributed by atoms with Gasteiger partial charge >= 0.3 is 0 Å². The van der Waals surface area contributed by atoms with Crippen LogP contribution in [0.15, 0.2) is 12.7 Å². The average molecular weight is 197 g/mol. The first-order valence-corrected chi connectivity index (χ1v) is 6.19. The van der Waals surface area contributed by atoms with Crippen LogP contribution in [0.25, 0.3) is 0 Å². The molecule has 1 unspecified atom stereocenters. The summed E-state index contributed by atoms with van der Waals surface area (Å²) in [5.74, 6) is 0. The van der Waals surface area contributed by atoms with Gasteiger partial charge in [0.1, 0.15) is 0 Å². The van der Waals surface area contributed by atoms with Gasteiger partial charge in [-0.25, -0.2) is 0 Å². The van der Waals surface area contributed by atoms with Gasteiger partial charge in [0.25, 0.3) is 0 Å². The third-order valence-corrected chi connectivity index (χ3v) is 2.61. The Morgan fingerprint density at radius 2 is 1.86 bits per heavy atom. The van der Waals surface area contributed by atoms with Crippen molar-refractivity contribution in [1.82, 2.24) is 5.32 Å². The predicted octanol–water partition coefficient (Wildman–Crippen LogP) is 3.90. The smallest absolute Gasteiger partial charge is 0.00670 e. The largest absolute Gasteiger partial charge is 0.314 e. The molecule has 84 valence electrons. The molecular weight excluding hydrogens is 170 g/mol. The molecule has 1 heteroatoms. The van der Waals surface area contributed by atoms with Gasteiger partial charge in [-0.3, -0.25) is 0 Å². The normalized spacial score (nSPS) is 12.7. The lowest BCUT2D eigenvalue weighted by Gasteiger charge is -2.17. The molecule has 0 aliphatic rings. The van der Waals surface area contributed by atoms with Crippen LogP contribution < -0.4 is 5.32 Å². The summed E-state index contributed by atoms with van der Waals surface area (Å²) >= 11 is 0. The molecule has 0 aromatic rings. The standard InChI is InChI=1S/C13H27N/c1-4-7-9-11-13(14-6-3)12-10-8-5-2/h4,13-14H,1,5-12H2,2-3H3. The highest BCUT2D eigenvalue weighted by molar-refractivity contribution is 4.71. The monoisotopic (exact) mass is 197 g/mol. The average Bonchev–Trinajstić information content (AvgIpc) is 2.18. The van der Waals surface area contributed by atoms with E-state index in [-0.39, 0.29) is 0 Å². The molecule has 14 heavy (non-hydrogen) atoms. The zero-order valence-electron chi connectivity index (χ0n) is 10.0. The van der Waals surface area contributed by atoms with Crippen molar-refractivity contribution in [2.75, 3.05) is 6.54 Å². The third kappa shape index (κ3) is 8.31. The van der Waals surface area contributed by atoms with Crippen LogP contribution >= 0.6 is 0 Å². The molecule has 0 fully saturated rings. The van der Waals surface area contributed by atoms with E-state index in [0.29, 0.717) is 0 Å². The van der Waals surface area contributed by atoms with Gasteiger partial charge in [-0.05, 0) is 32.2 Å². The Bertz CT molecular complexity index is 120. The summed E-state index contributed by atoms with van der Waals surface area (Å²) < 4.78 is 0. The van der Waals surface area contributed by atoms with Gasteiger partial charge in [-0.2, -0.15) is 0 Å². The Morgan fingerprint density at radius 1 is 1.14 bits per heavy atom. The second-order valence-corrected chi connectivity index (χ2v) is 3.97. The first-order valence-electron chi connectivity index (χ1n) is 6.19. The Morgan fingerprint density at radius 3 is 2.43 bits per heavy atom. The fourth-order valence-electron chi connectivity index (χ4n) is 1.79. The van der Waals surface area contributed by atoms with Crippen molar-refractivity contribution in [3.63, 3.8) is 0 Å². The van der Waals surface area contributed by atoms with Crippen molar-refractivity contribution in [2.24, 2.45) is 0 Å². The lowest BCUT2D eigenvalue weighted by molar-refractivity contribution is 0.435. The topological polar surface area (TPSA) is 12.0 Å². The fourth-order valence-corrected chi connectivity index (χ4v) is 1.79. The molecule has 0 heterocycles. The van der Waals surface area contributed by atoms with E-state index in [0.717, 1.165) is 19.0 Å². The molecule has 0 bridgehead atoms. The van der Waals surface area contributed by atoms with Gasteiger partial charge in [0.05, 0.1) is 0 Å². The molecule has 0 saturated heterocycles. The molecule has 0 aromatic carbocycles. The van der Waals surface area contributed by atoms with Gasteiger partial charge in [0, 0.05) is 6.04 Å². The van der Waals surface area contributed by atoms with Crippen LogP contribution in [-0.4, -0.2) is 12.6 Å². The zero-order chi connectivity index (χ0) is 10.6. The van der Waals surface area contributed by atoms with Gasteiger partial charge in [-0.15, -0.1) is 6.58 Å². The number of allylic oxidation sites excluding steroid dienone is 1. The summed E-state index contributed by atoms with van der Waals surface area (Å²) in [6.07, 6.45) is 11.2. The van der Waals surface area contributed by atoms with Crippen molar-refractivity contribution in [3.8, 4) is 0 Å². The summed E-state index contributed by atoms with van der Waals surface area (Å²) in [5, 5.41) is 3.57. The number of nitrogens with one attached hydrogen (secondary N) is 1. The summed E-state index contributed by atoms with van der Waals surface area (Å²) in [4.78, 5) is 0. The first kappa shape index (κ1) is 13.7. The first-order chi connectivity index (χ1) is 6.85. The minimum Gasteiger partial charge on any atom is -0.314 e. The van der Waals surface area contributed by atoms with E-state index in [2.05, 4.69) is 25.7 Å². The molecule has 0 rings (SSSR count). The Kier molecular flexibility index (Phi) is 10.5. The van der Waals surface area contributed by atoms with E-state index in [4.69, 9.17) is 0 Å². The lowest BCUT2D eigenvalue weighted by atomic mass is 10.0. The van der Waals surface area contributed by atoms with Crippen LogP contribution in [0.2, 0.25) is 0 Å². The van der Waals surface area contributed by atoms with Crippen LogP contribution in [-0.2, 0) is 0 Å². The minimum absolute atomic E-state index is 0.742. The predicted molar refractivity (Wildman–Crippen MR) is 65.7 cm³/mol. The molecule has 0 aromatic heterocycles. The van der Waals surface area contributed by atoms with E-state index >= 15 is 0 Å². The zero-order valence-corrected chi connectivity index (χ0v) is 10.0. The van der Waals surface area contributed by atoms with Crippen LogP contribution in [0.1, 0.15) is 58.8 Å². The SMILES string of the molecule is C=CCCCC(CCCCC)NCC. The molecular formula is C13H27N. The number of unbranched alkanes of at least 4 members (excludes halogenated alkanes) is 3. The third-order valence-electron chi connectivity index (χ3n) is 2.61. The quantitative estimate of drug-likeness (QED) is 0.414. The second-order valence-electron chi connectivity index (χ2n) is 3.97. The Balaban J connectivity index is 3.48. The summed E-state index contributed by atoms with van der Waals surface area (Å²) in [7, 11) is 0. The van der Waals surface area contributed by atoms with Gasteiger partial charge in [0.2, 0.25) is 0 Å². The fraction of sp³-hybridized carbons (Fsp3) is 0.846. The van der Waals surface area contributed by atoms with Crippen LogP contribution in [0.4, 0.5) is 0 Å². The number of rotatable bonds is 10. The molecule has 0 radical (unpaired) electrons. The highest BCUT2D eigenvalue weighted by Crippen LogP contribution is 2.09. The van der Waals surface area contributed by atoms with E-state index < -0.39 is 0 Å². The van der Waals surface area contributed by atoms with E-state index in [9.17, 15) is 0 Å². The highest BCUT2D eigenvalue weighted by atomic mass is 14.9. The maximum absolute atomic E-state index is 3.76.